The molecule has 0 spiro atoms. The van der Waals surface area contributed by atoms with Gasteiger partial charge in [-0.3, -0.25) is 9.78 Å². The van der Waals surface area contributed by atoms with Crippen molar-refractivity contribution in [3.05, 3.63) is 47.4 Å². The molecule has 124 valence electrons. The van der Waals surface area contributed by atoms with Crippen LogP contribution < -0.4 is 9.80 Å². The molecule has 1 saturated heterocycles. The highest BCUT2D eigenvalue weighted by Gasteiger charge is 2.33. The third-order valence-corrected chi connectivity index (χ3v) is 5.23. The highest BCUT2D eigenvalue weighted by molar-refractivity contribution is 6.32. The van der Waals surface area contributed by atoms with E-state index in [1.54, 1.807) is 18.6 Å². The monoisotopic (exact) mass is 342 g/mol. The molecule has 24 heavy (non-hydrogen) atoms. The Balaban J connectivity index is 1.53. The van der Waals surface area contributed by atoms with Gasteiger partial charge in [0.25, 0.3) is 0 Å². The summed E-state index contributed by atoms with van der Waals surface area (Å²) in [7, 11) is 0. The van der Waals surface area contributed by atoms with Crippen molar-refractivity contribution in [2.75, 3.05) is 29.4 Å². The maximum atomic E-state index is 13.1. The number of rotatable bonds is 2. The summed E-state index contributed by atoms with van der Waals surface area (Å²) in [4.78, 5) is 25.6. The van der Waals surface area contributed by atoms with E-state index in [0.717, 1.165) is 54.4 Å². The summed E-state index contributed by atoms with van der Waals surface area (Å²) in [6.07, 6.45) is 7.87. The molecule has 5 nitrogen and oxygen atoms in total. The van der Waals surface area contributed by atoms with E-state index in [1.807, 2.05) is 23.1 Å². The van der Waals surface area contributed by atoms with Gasteiger partial charge in [-0.25, -0.2) is 4.98 Å². The summed E-state index contributed by atoms with van der Waals surface area (Å²) in [5.74, 6) is 1.04. The Bertz CT molecular complexity index is 752. The van der Waals surface area contributed by atoms with Gasteiger partial charge in [0.2, 0.25) is 5.91 Å². The number of anilines is 2. The largest absolute Gasteiger partial charge is 0.355 e. The number of benzene rings is 1. The van der Waals surface area contributed by atoms with Crippen LogP contribution in [0.5, 0.6) is 0 Å². The molecule has 0 N–H and O–H groups in total. The first-order chi connectivity index (χ1) is 11.7. The fourth-order valence-corrected chi connectivity index (χ4v) is 3.95. The van der Waals surface area contributed by atoms with Gasteiger partial charge in [0.1, 0.15) is 5.82 Å². The zero-order valence-corrected chi connectivity index (χ0v) is 14.1. The highest BCUT2D eigenvalue weighted by atomic mass is 35.5. The highest BCUT2D eigenvalue weighted by Crippen LogP contribution is 2.35. The number of piperidine rings is 1. The summed E-state index contributed by atoms with van der Waals surface area (Å²) in [6, 6.07) is 5.81. The van der Waals surface area contributed by atoms with E-state index in [4.69, 9.17) is 11.6 Å². The Labute approximate surface area is 146 Å². The average molecular weight is 343 g/mol. The van der Waals surface area contributed by atoms with Crippen LogP contribution in [0.1, 0.15) is 18.4 Å². The molecule has 1 fully saturated rings. The molecular formula is C18H19ClN4O. The summed E-state index contributed by atoms with van der Waals surface area (Å²) < 4.78 is 0. The predicted octanol–water partition coefficient (Wildman–Crippen LogP) is 2.94. The van der Waals surface area contributed by atoms with Gasteiger partial charge < -0.3 is 9.80 Å². The molecule has 2 aromatic rings. The van der Waals surface area contributed by atoms with Gasteiger partial charge in [0, 0.05) is 42.7 Å². The number of fused-ring (bicyclic) bond motifs is 1. The molecule has 4 rings (SSSR count). The molecule has 0 aliphatic carbocycles. The van der Waals surface area contributed by atoms with Crippen LogP contribution >= 0.6 is 11.6 Å². The SMILES string of the molecule is O=C([C@H]1CCCN(c2cnccn2)C1)N1CCc2c(Cl)cccc21. The van der Waals surface area contributed by atoms with Crippen molar-refractivity contribution >= 4 is 29.0 Å². The van der Waals surface area contributed by atoms with Crippen LogP contribution in [0.25, 0.3) is 0 Å². The molecule has 0 bridgehead atoms. The third kappa shape index (κ3) is 2.73. The normalized spacial score (nSPS) is 20.1. The van der Waals surface area contributed by atoms with Crippen LogP contribution in [0.15, 0.2) is 36.8 Å². The van der Waals surface area contributed by atoms with Crippen molar-refractivity contribution < 1.29 is 4.79 Å². The number of nitrogens with zero attached hydrogens (tertiary/aromatic N) is 4. The van der Waals surface area contributed by atoms with Gasteiger partial charge in [-0.2, -0.15) is 0 Å². The van der Waals surface area contributed by atoms with Crippen LogP contribution in [-0.2, 0) is 11.2 Å². The quantitative estimate of drug-likeness (QED) is 0.842. The van der Waals surface area contributed by atoms with Crippen molar-refractivity contribution in [3.63, 3.8) is 0 Å². The van der Waals surface area contributed by atoms with Gasteiger partial charge in [0.05, 0.1) is 12.1 Å². The maximum Gasteiger partial charge on any atom is 0.231 e. The Kier molecular flexibility index (Phi) is 4.10. The van der Waals surface area contributed by atoms with Crippen LogP contribution in [-0.4, -0.2) is 35.5 Å². The molecule has 3 heterocycles. The Morgan fingerprint density at radius 3 is 3.00 bits per heavy atom. The fourth-order valence-electron chi connectivity index (χ4n) is 3.68. The lowest BCUT2D eigenvalue weighted by atomic mass is 9.96. The molecule has 1 atom stereocenters. The summed E-state index contributed by atoms with van der Waals surface area (Å²) in [5.41, 5.74) is 2.07. The summed E-state index contributed by atoms with van der Waals surface area (Å²) in [6.45, 7) is 2.34. The number of hydrogen-bond donors (Lipinski definition) is 0. The van der Waals surface area contributed by atoms with E-state index < -0.39 is 0 Å². The fraction of sp³-hybridized carbons (Fsp3) is 0.389. The number of hydrogen-bond acceptors (Lipinski definition) is 4. The maximum absolute atomic E-state index is 13.1. The molecule has 1 amide bonds. The van der Waals surface area contributed by atoms with Gasteiger partial charge in [0.15, 0.2) is 0 Å². The van der Waals surface area contributed by atoms with Crippen LogP contribution in [0.4, 0.5) is 11.5 Å². The van der Waals surface area contributed by atoms with E-state index in [-0.39, 0.29) is 11.8 Å². The van der Waals surface area contributed by atoms with Crippen molar-refractivity contribution in [2.24, 2.45) is 5.92 Å². The van der Waals surface area contributed by atoms with Crippen LogP contribution in [0, 0.1) is 5.92 Å². The number of aromatic nitrogens is 2. The molecular weight excluding hydrogens is 324 g/mol. The third-order valence-electron chi connectivity index (χ3n) is 4.88. The Morgan fingerprint density at radius 1 is 1.25 bits per heavy atom. The van der Waals surface area contributed by atoms with Crippen molar-refractivity contribution in [1.29, 1.82) is 0 Å². The van der Waals surface area contributed by atoms with E-state index >= 15 is 0 Å². The lowest BCUT2D eigenvalue weighted by molar-refractivity contribution is -0.122. The van der Waals surface area contributed by atoms with E-state index in [0.29, 0.717) is 6.54 Å². The van der Waals surface area contributed by atoms with Crippen molar-refractivity contribution in [2.45, 2.75) is 19.3 Å². The second-order valence-corrected chi connectivity index (χ2v) is 6.73. The van der Waals surface area contributed by atoms with E-state index in [2.05, 4.69) is 14.9 Å². The lowest BCUT2D eigenvalue weighted by Crippen LogP contribution is -2.44. The molecule has 1 aromatic heterocycles. The molecule has 0 unspecified atom stereocenters. The second kappa shape index (κ2) is 6.40. The Morgan fingerprint density at radius 2 is 2.17 bits per heavy atom. The molecule has 0 saturated carbocycles. The molecule has 2 aliphatic rings. The second-order valence-electron chi connectivity index (χ2n) is 6.33. The number of amides is 1. The van der Waals surface area contributed by atoms with Crippen LogP contribution in [0.3, 0.4) is 0 Å². The number of carbonyl (C=O) groups is 1. The standard InChI is InChI=1S/C18H19ClN4O/c19-15-4-1-5-16-14(15)6-10-23(16)18(24)13-3-2-9-22(12-13)17-11-20-7-8-21-17/h1,4-5,7-8,11,13H,2-3,6,9-10,12H2/t13-/m0/s1. The van der Waals surface area contributed by atoms with Crippen molar-refractivity contribution in [1.82, 2.24) is 9.97 Å². The zero-order chi connectivity index (χ0) is 16.5. The first kappa shape index (κ1) is 15.4. The minimum Gasteiger partial charge on any atom is -0.355 e. The first-order valence-electron chi connectivity index (χ1n) is 8.34. The summed E-state index contributed by atoms with van der Waals surface area (Å²) in [5, 5.41) is 0.757. The minimum absolute atomic E-state index is 0.00862. The number of carbonyl (C=O) groups excluding carboxylic acids is 1. The lowest BCUT2D eigenvalue weighted by Gasteiger charge is -2.34. The zero-order valence-electron chi connectivity index (χ0n) is 13.4. The smallest absolute Gasteiger partial charge is 0.231 e. The average Bonchev–Trinajstić information content (AvgIpc) is 3.07. The van der Waals surface area contributed by atoms with E-state index in [9.17, 15) is 4.79 Å². The van der Waals surface area contributed by atoms with Gasteiger partial charge in [-0.1, -0.05) is 17.7 Å². The molecule has 2 aliphatic heterocycles. The molecule has 0 radical (unpaired) electrons. The Hall–Kier alpha value is -2.14. The molecule has 1 aromatic carbocycles. The minimum atomic E-state index is -0.00862. The van der Waals surface area contributed by atoms with Gasteiger partial charge in [-0.05, 0) is 37.0 Å². The first-order valence-corrected chi connectivity index (χ1v) is 8.71. The molecule has 6 heteroatoms. The van der Waals surface area contributed by atoms with Crippen LogP contribution in [0.2, 0.25) is 5.02 Å². The van der Waals surface area contributed by atoms with Crippen molar-refractivity contribution in [3.8, 4) is 0 Å². The van der Waals surface area contributed by atoms with E-state index in [1.165, 1.54) is 0 Å². The predicted molar refractivity (Wildman–Crippen MR) is 94.5 cm³/mol. The topological polar surface area (TPSA) is 49.3 Å². The van der Waals surface area contributed by atoms with Gasteiger partial charge >= 0.3 is 0 Å². The number of halogens is 1. The van der Waals surface area contributed by atoms with Gasteiger partial charge in [-0.15, -0.1) is 0 Å². The summed E-state index contributed by atoms with van der Waals surface area (Å²) >= 11 is 6.27.